The lowest BCUT2D eigenvalue weighted by atomic mass is 10.0. The van der Waals surface area contributed by atoms with Crippen LogP contribution in [0.4, 0.5) is 0 Å². The number of aryl methyl sites for hydroxylation is 1. The van der Waals surface area contributed by atoms with Gasteiger partial charge in [0.15, 0.2) is 0 Å². The third kappa shape index (κ3) is 2.32. The Labute approximate surface area is 104 Å². The van der Waals surface area contributed by atoms with E-state index in [2.05, 4.69) is 11.9 Å². The van der Waals surface area contributed by atoms with Gasteiger partial charge < -0.3 is 10.1 Å². The quantitative estimate of drug-likeness (QED) is 0.869. The Morgan fingerprint density at radius 3 is 2.44 bits per heavy atom. The number of rotatable bonds is 3. The van der Waals surface area contributed by atoms with Gasteiger partial charge in [0.1, 0.15) is 5.56 Å². The molecule has 0 saturated heterocycles. The lowest BCUT2D eigenvalue weighted by Gasteiger charge is -2.04. The Morgan fingerprint density at radius 2 is 1.89 bits per heavy atom. The van der Waals surface area contributed by atoms with Gasteiger partial charge in [-0.25, -0.2) is 4.79 Å². The zero-order valence-electron chi connectivity index (χ0n) is 9.93. The van der Waals surface area contributed by atoms with Gasteiger partial charge in [-0.1, -0.05) is 31.2 Å². The molecule has 2 aromatic rings. The van der Waals surface area contributed by atoms with Gasteiger partial charge in [0, 0.05) is 6.20 Å². The highest BCUT2D eigenvalue weighted by atomic mass is 16.4. The molecule has 1 heterocycles. The van der Waals surface area contributed by atoms with E-state index in [0.29, 0.717) is 5.56 Å². The van der Waals surface area contributed by atoms with E-state index in [4.69, 9.17) is 5.11 Å². The Balaban J connectivity index is 2.47. The molecule has 0 amide bonds. The number of aromatic carboxylic acids is 1. The van der Waals surface area contributed by atoms with Gasteiger partial charge in [-0.2, -0.15) is 0 Å². The molecule has 4 nitrogen and oxygen atoms in total. The van der Waals surface area contributed by atoms with Crippen molar-refractivity contribution >= 4 is 5.97 Å². The number of aromatic amines is 1. The van der Waals surface area contributed by atoms with Crippen LogP contribution >= 0.6 is 0 Å². The minimum absolute atomic E-state index is 0.243. The molecule has 0 atom stereocenters. The third-order valence-corrected chi connectivity index (χ3v) is 2.83. The van der Waals surface area contributed by atoms with Crippen LogP contribution in [0.25, 0.3) is 11.1 Å². The molecule has 2 N–H and O–H groups in total. The second-order valence-corrected chi connectivity index (χ2v) is 3.99. The average Bonchev–Trinajstić information content (AvgIpc) is 2.39. The van der Waals surface area contributed by atoms with Gasteiger partial charge >= 0.3 is 5.97 Å². The Morgan fingerprint density at radius 1 is 1.22 bits per heavy atom. The lowest BCUT2D eigenvalue weighted by molar-refractivity contribution is 0.0695. The van der Waals surface area contributed by atoms with Crippen molar-refractivity contribution < 1.29 is 9.90 Å². The molecule has 0 aliphatic carbocycles. The molecule has 0 aliphatic rings. The zero-order valence-corrected chi connectivity index (χ0v) is 9.93. The first kappa shape index (κ1) is 12.1. The molecule has 0 aliphatic heterocycles. The van der Waals surface area contributed by atoms with Crippen LogP contribution < -0.4 is 5.56 Å². The van der Waals surface area contributed by atoms with Crippen LogP contribution in [0.5, 0.6) is 0 Å². The normalized spacial score (nSPS) is 10.3. The number of hydrogen-bond donors (Lipinski definition) is 2. The molecule has 0 saturated carbocycles. The highest BCUT2D eigenvalue weighted by Gasteiger charge is 2.10. The van der Waals surface area contributed by atoms with Crippen molar-refractivity contribution in [2.24, 2.45) is 0 Å². The zero-order chi connectivity index (χ0) is 13.1. The number of nitrogens with one attached hydrogen (secondary N) is 1. The highest BCUT2D eigenvalue weighted by molar-refractivity contribution is 5.88. The van der Waals surface area contributed by atoms with Gasteiger partial charge in [0.2, 0.25) is 0 Å². The fourth-order valence-electron chi connectivity index (χ4n) is 1.74. The molecule has 0 unspecified atom stereocenters. The number of carboxylic acid groups (broad SMARTS) is 1. The second-order valence-electron chi connectivity index (χ2n) is 3.99. The van der Waals surface area contributed by atoms with Gasteiger partial charge in [-0.15, -0.1) is 0 Å². The molecule has 92 valence electrons. The van der Waals surface area contributed by atoms with Crippen LogP contribution in [0.15, 0.2) is 41.3 Å². The van der Waals surface area contributed by atoms with Crippen molar-refractivity contribution in [3.8, 4) is 11.1 Å². The number of pyridine rings is 1. The minimum atomic E-state index is -1.22. The fourth-order valence-corrected chi connectivity index (χ4v) is 1.74. The number of benzene rings is 1. The van der Waals surface area contributed by atoms with E-state index in [9.17, 15) is 9.59 Å². The summed E-state index contributed by atoms with van der Waals surface area (Å²) in [5.41, 5.74) is 1.95. The molecule has 0 fully saturated rings. The Kier molecular flexibility index (Phi) is 3.28. The van der Waals surface area contributed by atoms with Gasteiger partial charge in [-0.3, -0.25) is 4.79 Å². The van der Waals surface area contributed by atoms with E-state index in [0.717, 1.165) is 12.0 Å². The summed E-state index contributed by atoms with van der Waals surface area (Å²) in [6, 6.07) is 9.19. The lowest BCUT2D eigenvalue weighted by Crippen LogP contribution is -2.16. The van der Waals surface area contributed by atoms with Gasteiger partial charge in [-0.05, 0) is 29.2 Å². The predicted molar refractivity (Wildman–Crippen MR) is 68.8 cm³/mol. The first-order valence-electron chi connectivity index (χ1n) is 5.67. The topological polar surface area (TPSA) is 70.2 Å². The molecule has 1 aromatic carbocycles. The number of hydrogen-bond acceptors (Lipinski definition) is 2. The minimum Gasteiger partial charge on any atom is -0.477 e. The molecule has 4 heteroatoms. The van der Waals surface area contributed by atoms with Gasteiger partial charge in [0.25, 0.3) is 5.56 Å². The van der Waals surface area contributed by atoms with Crippen LogP contribution in [0.3, 0.4) is 0 Å². The molecule has 0 bridgehead atoms. The molecule has 1 aromatic heterocycles. The summed E-state index contributed by atoms with van der Waals surface area (Å²) in [5, 5.41) is 8.90. The van der Waals surface area contributed by atoms with E-state index < -0.39 is 11.5 Å². The largest absolute Gasteiger partial charge is 0.477 e. The predicted octanol–water partition coefficient (Wildman–Crippen LogP) is 2.30. The average molecular weight is 243 g/mol. The first-order valence-corrected chi connectivity index (χ1v) is 5.67. The Bertz CT molecular complexity index is 626. The molecular formula is C14H13NO3. The van der Waals surface area contributed by atoms with E-state index in [1.165, 1.54) is 17.8 Å². The van der Waals surface area contributed by atoms with Crippen molar-refractivity contribution in [1.29, 1.82) is 0 Å². The molecule has 0 radical (unpaired) electrons. The number of carboxylic acids is 1. The summed E-state index contributed by atoms with van der Waals surface area (Å²) < 4.78 is 0. The fraction of sp³-hybridized carbons (Fsp3) is 0.143. The first-order chi connectivity index (χ1) is 8.61. The van der Waals surface area contributed by atoms with Crippen molar-refractivity contribution in [3.05, 3.63) is 58.0 Å². The maximum atomic E-state index is 11.3. The number of H-pyrrole nitrogens is 1. The summed E-state index contributed by atoms with van der Waals surface area (Å²) in [6.45, 7) is 2.07. The maximum Gasteiger partial charge on any atom is 0.341 e. The standard InChI is InChI=1S/C14H13NO3/c1-2-9-3-5-10(6-4-9)11-7-12(14(17)18)13(16)15-8-11/h3-8H,2H2,1H3,(H,15,16)(H,17,18). The second kappa shape index (κ2) is 4.87. The van der Waals surface area contributed by atoms with E-state index in [1.54, 1.807) is 0 Å². The van der Waals surface area contributed by atoms with Crippen molar-refractivity contribution in [3.63, 3.8) is 0 Å². The van der Waals surface area contributed by atoms with Crippen LogP contribution in [0.2, 0.25) is 0 Å². The van der Waals surface area contributed by atoms with E-state index in [-0.39, 0.29) is 5.56 Å². The summed E-state index contributed by atoms with van der Waals surface area (Å²) >= 11 is 0. The van der Waals surface area contributed by atoms with Crippen molar-refractivity contribution in [1.82, 2.24) is 4.98 Å². The van der Waals surface area contributed by atoms with Crippen LogP contribution in [0.1, 0.15) is 22.8 Å². The van der Waals surface area contributed by atoms with E-state index in [1.807, 2.05) is 24.3 Å². The summed E-state index contributed by atoms with van der Waals surface area (Å²) in [6.07, 6.45) is 2.47. The number of aromatic nitrogens is 1. The van der Waals surface area contributed by atoms with E-state index >= 15 is 0 Å². The van der Waals surface area contributed by atoms with Crippen LogP contribution in [-0.4, -0.2) is 16.1 Å². The Hall–Kier alpha value is -2.36. The summed E-state index contributed by atoms with van der Waals surface area (Å²) in [7, 11) is 0. The molecular weight excluding hydrogens is 230 g/mol. The van der Waals surface area contributed by atoms with Gasteiger partial charge in [0.05, 0.1) is 0 Å². The molecule has 0 spiro atoms. The monoisotopic (exact) mass is 243 g/mol. The van der Waals surface area contributed by atoms with Crippen molar-refractivity contribution in [2.45, 2.75) is 13.3 Å². The summed E-state index contributed by atoms with van der Waals surface area (Å²) in [5.74, 6) is -1.22. The van der Waals surface area contributed by atoms with Crippen molar-refractivity contribution in [2.75, 3.05) is 0 Å². The third-order valence-electron chi connectivity index (χ3n) is 2.83. The summed E-state index contributed by atoms with van der Waals surface area (Å²) in [4.78, 5) is 24.6. The highest BCUT2D eigenvalue weighted by Crippen LogP contribution is 2.19. The molecule has 2 rings (SSSR count). The SMILES string of the molecule is CCc1ccc(-c2c[nH]c(=O)c(C(=O)O)c2)cc1. The van der Waals surface area contributed by atoms with Crippen LogP contribution in [0, 0.1) is 0 Å². The molecule has 18 heavy (non-hydrogen) atoms. The number of carbonyl (C=O) groups is 1. The smallest absolute Gasteiger partial charge is 0.341 e. The van der Waals surface area contributed by atoms with Crippen LogP contribution in [-0.2, 0) is 6.42 Å². The maximum absolute atomic E-state index is 11.3.